The summed E-state index contributed by atoms with van der Waals surface area (Å²) in [7, 11) is 0. The van der Waals surface area contributed by atoms with E-state index in [4.69, 9.17) is 5.11 Å². The summed E-state index contributed by atoms with van der Waals surface area (Å²) in [5, 5.41) is 8.71. The van der Waals surface area contributed by atoms with Crippen LogP contribution in [0.25, 0.3) is 0 Å². The number of carbonyl (C=O) groups excluding carboxylic acids is 1. The first-order valence-corrected chi connectivity index (χ1v) is 11.6. The fourth-order valence-corrected chi connectivity index (χ4v) is 3.48. The molecule has 0 atom stereocenters. The van der Waals surface area contributed by atoms with Crippen molar-refractivity contribution >= 4 is 5.97 Å². The van der Waals surface area contributed by atoms with Crippen LogP contribution in [-0.2, 0) is 4.79 Å². The van der Waals surface area contributed by atoms with E-state index in [2.05, 4.69) is 4.74 Å². The first-order valence-electron chi connectivity index (χ1n) is 11.6. The summed E-state index contributed by atoms with van der Waals surface area (Å²) < 4.78 is 57.6. The molecule has 0 heterocycles. The molecule has 1 aromatic carbocycles. The molecule has 3 nitrogen and oxygen atoms in total. The summed E-state index contributed by atoms with van der Waals surface area (Å²) in [6, 6.07) is 0.0740. The van der Waals surface area contributed by atoms with Gasteiger partial charge >= 0.3 is 5.97 Å². The molecule has 0 saturated carbocycles. The third-order valence-electron chi connectivity index (χ3n) is 5.33. The highest BCUT2D eigenvalue weighted by Crippen LogP contribution is 2.27. The highest BCUT2D eigenvalue weighted by molar-refractivity contribution is 5.72. The molecule has 0 spiro atoms. The van der Waals surface area contributed by atoms with E-state index in [9.17, 15) is 22.4 Å². The van der Waals surface area contributed by atoms with E-state index < -0.39 is 35.0 Å². The second kappa shape index (κ2) is 17.0. The summed E-state index contributed by atoms with van der Waals surface area (Å²) in [5.74, 6) is -8.83. The van der Waals surface area contributed by atoms with Crippen molar-refractivity contribution in [1.29, 1.82) is 0 Å². The minimum Gasteiger partial charge on any atom is -0.420 e. The number of unbranched alkanes of at least 4 members (excludes halogenated alkanes) is 14. The van der Waals surface area contributed by atoms with Gasteiger partial charge in [0, 0.05) is 19.1 Å². The molecule has 178 valence electrons. The van der Waals surface area contributed by atoms with Crippen LogP contribution in [0.5, 0.6) is 5.75 Å². The number of aliphatic hydroxyl groups excluding tert-OH is 1. The van der Waals surface area contributed by atoms with E-state index in [0.29, 0.717) is 13.0 Å². The van der Waals surface area contributed by atoms with Gasteiger partial charge < -0.3 is 9.84 Å². The van der Waals surface area contributed by atoms with Crippen molar-refractivity contribution in [2.45, 2.75) is 103 Å². The van der Waals surface area contributed by atoms with Crippen LogP contribution >= 0.6 is 0 Å². The zero-order chi connectivity index (χ0) is 22.9. The number of carbonyl (C=O) groups is 1. The van der Waals surface area contributed by atoms with Crippen LogP contribution in [0.2, 0.25) is 0 Å². The molecule has 0 aromatic heterocycles. The lowest BCUT2D eigenvalue weighted by molar-refractivity contribution is -0.135. The van der Waals surface area contributed by atoms with Crippen molar-refractivity contribution in [2.24, 2.45) is 0 Å². The Labute approximate surface area is 183 Å². The molecule has 0 aliphatic heterocycles. The Bertz CT molecular complexity index is 611. The van der Waals surface area contributed by atoms with E-state index in [-0.39, 0.29) is 12.5 Å². The molecule has 31 heavy (non-hydrogen) atoms. The summed E-state index contributed by atoms with van der Waals surface area (Å²) in [6.45, 7) is 0.299. The third-order valence-corrected chi connectivity index (χ3v) is 5.33. The van der Waals surface area contributed by atoms with Crippen LogP contribution in [-0.4, -0.2) is 17.7 Å². The van der Waals surface area contributed by atoms with E-state index in [1.54, 1.807) is 0 Å². The van der Waals surface area contributed by atoms with Gasteiger partial charge in [0.05, 0.1) is 0 Å². The van der Waals surface area contributed by atoms with Crippen LogP contribution < -0.4 is 4.74 Å². The molecular formula is C24H36F4O3. The van der Waals surface area contributed by atoms with Crippen LogP contribution in [0.15, 0.2) is 6.07 Å². The van der Waals surface area contributed by atoms with Crippen LogP contribution in [0.3, 0.4) is 0 Å². The van der Waals surface area contributed by atoms with Crippen LogP contribution in [0.1, 0.15) is 103 Å². The maximum Gasteiger partial charge on any atom is 0.311 e. The molecule has 0 saturated heterocycles. The number of esters is 1. The second-order valence-electron chi connectivity index (χ2n) is 8.05. The lowest BCUT2D eigenvalue weighted by atomic mass is 10.0. The maximum atomic E-state index is 13.5. The van der Waals surface area contributed by atoms with Gasteiger partial charge in [0.2, 0.25) is 17.4 Å². The molecule has 0 amide bonds. The molecule has 0 unspecified atom stereocenters. The average Bonchev–Trinajstić information content (AvgIpc) is 2.75. The zero-order valence-corrected chi connectivity index (χ0v) is 18.4. The fraction of sp³-hybridized carbons (Fsp3) is 0.708. The van der Waals surface area contributed by atoms with Crippen molar-refractivity contribution < 1.29 is 32.2 Å². The first kappa shape index (κ1) is 27.4. The Morgan fingerprint density at radius 2 is 1.00 bits per heavy atom. The van der Waals surface area contributed by atoms with Crippen LogP contribution in [0.4, 0.5) is 17.6 Å². The Kier molecular flexibility index (Phi) is 15.0. The Morgan fingerprint density at radius 1 is 0.645 bits per heavy atom. The standard InChI is InChI=1S/C24H36F4O3/c25-19-18-20(26)23(28)24(22(19)27)31-21(30)16-14-12-10-8-6-4-2-1-3-5-7-9-11-13-15-17-29/h18,29H,1-17H2. The van der Waals surface area contributed by atoms with Crippen molar-refractivity contribution in [2.75, 3.05) is 6.61 Å². The summed E-state index contributed by atoms with van der Waals surface area (Å²) in [5.41, 5.74) is 0. The summed E-state index contributed by atoms with van der Waals surface area (Å²) >= 11 is 0. The number of ether oxygens (including phenoxy) is 1. The molecule has 1 rings (SSSR count). The van der Waals surface area contributed by atoms with Gasteiger partial charge in [-0.25, -0.2) is 8.78 Å². The van der Waals surface area contributed by atoms with Crippen molar-refractivity contribution in [3.05, 3.63) is 29.3 Å². The number of benzene rings is 1. The van der Waals surface area contributed by atoms with Gasteiger partial charge in [-0.1, -0.05) is 83.5 Å². The highest BCUT2D eigenvalue weighted by Gasteiger charge is 2.22. The predicted octanol–water partition coefficient (Wildman–Crippen LogP) is 7.38. The number of hydrogen-bond acceptors (Lipinski definition) is 3. The second-order valence-corrected chi connectivity index (χ2v) is 8.05. The largest absolute Gasteiger partial charge is 0.420 e. The lowest BCUT2D eigenvalue weighted by Crippen LogP contribution is -2.11. The predicted molar refractivity (Wildman–Crippen MR) is 113 cm³/mol. The summed E-state index contributed by atoms with van der Waals surface area (Å²) in [6.07, 6.45) is 16.4. The molecular weight excluding hydrogens is 412 g/mol. The fourth-order valence-electron chi connectivity index (χ4n) is 3.48. The number of hydrogen-bond donors (Lipinski definition) is 1. The van der Waals surface area contributed by atoms with Crippen molar-refractivity contribution in [3.8, 4) is 5.75 Å². The van der Waals surface area contributed by atoms with E-state index in [0.717, 1.165) is 38.5 Å². The zero-order valence-electron chi connectivity index (χ0n) is 18.4. The maximum absolute atomic E-state index is 13.5. The minimum atomic E-state index is -1.70. The van der Waals surface area contributed by atoms with Gasteiger partial charge in [-0.3, -0.25) is 4.79 Å². The number of aliphatic hydroxyl groups is 1. The minimum absolute atomic E-state index is 0.0585. The van der Waals surface area contributed by atoms with Gasteiger partial charge in [0.25, 0.3) is 0 Å². The van der Waals surface area contributed by atoms with Gasteiger partial charge in [0.15, 0.2) is 11.6 Å². The van der Waals surface area contributed by atoms with Gasteiger partial charge in [-0.05, 0) is 12.8 Å². The van der Waals surface area contributed by atoms with E-state index in [1.165, 1.54) is 51.4 Å². The summed E-state index contributed by atoms with van der Waals surface area (Å²) in [4.78, 5) is 11.7. The van der Waals surface area contributed by atoms with Gasteiger partial charge in [0.1, 0.15) is 0 Å². The molecule has 0 radical (unpaired) electrons. The van der Waals surface area contributed by atoms with Gasteiger partial charge in [-0.15, -0.1) is 0 Å². The number of halogens is 4. The smallest absolute Gasteiger partial charge is 0.311 e. The molecule has 0 bridgehead atoms. The third kappa shape index (κ3) is 12.1. The Morgan fingerprint density at radius 3 is 1.39 bits per heavy atom. The van der Waals surface area contributed by atoms with E-state index in [1.807, 2.05) is 0 Å². The molecule has 0 fully saturated rings. The first-order chi connectivity index (χ1) is 15.0. The van der Waals surface area contributed by atoms with Crippen LogP contribution in [0, 0.1) is 23.3 Å². The molecule has 7 heteroatoms. The van der Waals surface area contributed by atoms with Crippen molar-refractivity contribution in [1.82, 2.24) is 0 Å². The Balaban J connectivity index is 1.96. The molecule has 0 aliphatic rings. The normalized spacial score (nSPS) is 11.1. The Hall–Kier alpha value is -1.63. The SMILES string of the molecule is O=C(CCCCCCCCCCCCCCCCCO)Oc1c(F)c(F)cc(F)c1F. The lowest BCUT2D eigenvalue weighted by Gasteiger charge is -2.08. The highest BCUT2D eigenvalue weighted by atomic mass is 19.2. The quantitative estimate of drug-likeness (QED) is 0.0838. The molecule has 1 aromatic rings. The van der Waals surface area contributed by atoms with Crippen molar-refractivity contribution in [3.63, 3.8) is 0 Å². The average molecular weight is 449 g/mol. The van der Waals surface area contributed by atoms with E-state index >= 15 is 0 Å². The monoisotopic (exact) mass is 448 g/mol. The number of rotatable bonds is 18. The molecule has 1 N–H and O–H groups in total. The topological polar surface area (TPSA) is 46.5 Å². The van der Waals surface area contributed by atoms with Gasteiger partial charge in [-0.2, -0.15) is 8.78 Å². The molecule has 0 aliphatic carbocycles.